The minimum atomic E-state index is -0.655. The first-order valence-electron chi connectivity index (χ1n) is 12.6. The first-order valence-corrected chi connectivity index (χ1v) is 12.6. The van der Waals surface area contributed by atoms with E-state index < -0.39 is 11.4 Å². The number of carboxylic acid groups (broad SMARTS) is 1. The standard InChI is InChI=1S/C29H38O4/c1-17-18-7-8-21-27(4,19(18)15-20(30)23(17)31)12-14-29(6)22-16-26(3,24(32)33)10-9-25(22,2)11-13-28(21,29)5/h7-8,15,22,31H,9-14,16H2,1-6H3,(H,32,33)/t22-,25+,26-,27+,28+,29+/m0/s1. The van der Waals surface area contributed by atoms with Gasteiger partial charge in [0.15, 0.2) is 5.76 Å². The summed E-state index contributed by atoms with van der Waals surface area (Å²) in [6.07, 6.45) is 12.7. The van der Waals surface area contributed by atoms with Crippen LogP contribution in [-0.4, -0.2) is 22.0 Å². The zero-order valence-electron chi connectivity index (χ0n) is 21.0. The van der Waals surface area contributed by atoms with Crippen LogP contribution in [0.4, 0.5) is 0 Å². The number of fused-ring (bicyclic) bond motifs is 7. The van der Waals surface area contributed by atoms with E-state index in [1.807, 2.05) is 13.8 Å². The summed E-state index contributed by atoms with van der Waals surface area (Å²) in [6, 6.07) is 0. The largest absolute Gasteiger partial charge is 0.504 e. The van der Waals surface area contributed by atoms with Crippen molar-refractivity contribution in [2.24, 2.45) is 33.0 Å². The van der Waals surface area contributed by atoms with E-state index in [1.54, 1.807) is 6.08 Å². The average Bonchev–Trinajstić information content (AvgIpc) is 2.75. The molecule has 2 N–H and O–H groups in total. The Morgan fingerprint density at radius 2 is 1.64 bits per heavy atom. The molecule has 3 fully saturated rings. The number of aliphatic hydroxyl groups excluding tert-OH is 1. The number of allylic oxidation sites excluding steroid dienone is 7. The number of aliphatic carboxylic acids is 1. The van der Waals surface area contributed by atoms with E-state index in [0.717, 1.165) is 56.1 Å². The van der Waals surface area contributed by atoms with Gasteiger partial charge in [-0.05, 0) is 98.2 Å². The lowest BCUT2D eigenvalue weighted by Crippen LogP contribution is -2.62. The number of ketones is 1. The Bertz CT molecular complexity index is 1100. The van der Waals surface area contributed by atoms with E-state index in [9.17, 15) is 19.8 Å². The van der Waals surface area contributed by atoms with Gasteiger partial charge >= 0.3 is 5.97 Å². The fourth-order valence-corrected chi connectivity index (χ4v) is 8.65. The van der Waals surface area contributed by atoms with Gasteiger partial charge in [0.2, 0.25) is 5.78 Å². The number of aliphatic hydroxyl groups is 1. The maximum atomic E-state index is 12.6. The van der Waals surface area contributed by atoms with Gasteiger partial charge in [-0.25, -0.2) is 0 Å². The van der Waals surface area contributed by atoms with Gasteiger partial charge in [-0.15, -0.1) is 0 Å². The molecule has 4 nitrogen and oxygen atoms in total. The van der Waals surface area contributed by atoms with Gasteiger partial charge < -0.3 is 10.2 Å². The average molecular weight is 451 g/mol. The fourth-order valence-electron chi connectivity index (χ4n) is 8.65. The van der Waals surface area contributed by atoms with Crippen molar-refractivity contribution >= 4 is 11.8 Å². The van der Waals surface area contributed by atoms with Crippen molar-refractivity contribution in [2.75, 3.05) is 0 Å². The molecule has 0 spiro atoms. The van der Waals surface area contributed by atoms with Crippen LogP contribution >= 0.6 is 0 Å². The normalized spacial score (nSPS) is 46.8. The van der Waals surface area contributed by atoms with Crippen LogP contribution in [0.5, 0.6) is 0 Å². The first-order chi connectivity index (χ1) is 15.2. The molecule has 0 heterocycles. The summed E-state index contributed by atoms with van der Waals surface area (Å²) in [5, 5.41) is 20.3. The van der Waals surface area contributed by atoms with Gasteiger partial charge in [0, 0.05) is 11.0 Å². The van der Waals surface area contributed by atoms with Crippen molar-refractivity contribution in [2.45, 2.75) is 86.5 Å². The number of carboxylic acids is 1. The topological polar surface area (TPSA) is 74.6 Å². The lowest BCUT2D eigenvalue weighted by Gasteiger charge is -2.70. The van der Waals surface area contributed by atoms with Crippen LogP contribution in [0, 0.1) is 33.0 Å². The fraction of sp³-hybridized carbons (Fsp3) is 0.655. The van der Waals surface area contributed by atoms with Crippen LogP contribution < -0.4 is 0 Å². The third kappa shape index (κ3) is 2.64. The number of hydrogen-bond donors (Lipinski definition) is 2. The first kappa shape index (κ1) is 22.7. The zero-order valence-corrected chi connectivity index (χ0v) is 21.0. The summed E-state index contributed by atoms with van der Waals surface area (Å²) in [5.74, 6) is -0.734. The van der Waals surface area contributed by atoms with Crippen LogP contribution in [0.3, 0.4) is 0 Å². The van der Waals surface area contributed by atoms with E-state index >= 15 is 0 Å². The Morgan fingerprint density at radius 1 is 0.970 bits per heavy atom. The van der Waals surface area contributed by atoms with Crippen molar-refractivity contribution in [3.05, 3.63) is 46.3 Å². The van der Waals surface area contributed by atoms with Crippen LogP contribution in [0.2, 0.25) is 0 Å². The van der Waals surface area contributed by atoms with E-state index in [4.69, 9.17) is 0 Å². The molecule has 0 radical (unpaired) electrons. The molecule has 5 aliphatic carbocycles. The molecule has 0 aromatic rings. The minimum Gasteiger partial charge on any atom is -0.504 e. The molecule has 0 amide bonds. The van der Waals surface area contributed by atoms with Crippen molar-refractivity contribution < 1.29 is 19.8 Å². The van der Waals surface area contributed by atoms with Gasteiger partial charge in [-0.2, -0.15) is 0 Å². The molecule has 4 heteroatoms. The molecule has 0 aliphatic heterocycles. The summed E-state index contributed by atoms with van der Waals surface area (Å²) < 4.78 is 0. The van der Waals surface area contributed by atoms with Crippen molar-refractivity contribution in [3.63, 3.8) is 0 Å². The summed E-state index contributed by atoms with van der Waals surface area (Å²) in [7, 11) is 0. The lowest BCUT2D eigenvalue weighted by atomic mass is 9.34. The highest BCUT2D eigenvalue weighted by Gasteiger charge is 2.67. The van der Waals surface area contributed by atoms with Gasteiger partial charge in [0.1, 0.15) is 0 Å². The molecular weight excluding hydrogens is 412 g/mol. The summed E-state index contributed by atoms with van der Waals surface area (Å²) >= 11 is 0. The van der Waals surface area contributed by atoms with Crippen LogP contribution in [0.25, 0.3) is 0 Å². The highest BCUT2D eigenvalue weighted by Crippen LogP contribution is 2.75. The number of carbonyl (C=O) groups is 2. The molecule has 0 bridgehead atoms. The van der Waals surface area contributed by atoms with E-state index in [-0.39, 0.29) is 33.2 Å². The maximum absolute atomic E-state index is 12.6. The third-order valence-electron chi connectivity index (χ3n) is 11.4. The van der Waals surface area contributed by atoms with Crippen molar-refractivity contribution in [1.82, 2.24) is 0 Å². The molecule has 6 atom stereocenters. The van der Waals surface area contributed by atoms with E-state index in [2.05, 4.69) is 39.8 Å². The van der Waals surface area contributed by atoms with Gasteiger partial charge in [-0.3, -0.25) is 9.59 Å². The molecule has 0 unspecified atom stereocenters. The predicted octanol–water partition coefficient (Wildman–Crippen LogP) is 6.70. The summed E-state index contributed by atoms with van der Waals surface area (Å²) in [4.78, 5) is 24.8. The second-order valence-electron chi connectivity index (χ2n) is 12.9. The highest BCUT2D eigenvalue weighted by molar-refractivity contribution is 6.06. The smallest absolute Gasteiger partial charge is 0.309 e. The molecule has 5 rings (SSSR count). The number of carbonyl (C=O) groups excluding carboxylic acids is 1. The molecule has 33 heavy (non-hydrogen) atoms. The van der Waals surface area contributed by atoms with Crippen molar-refractivity contribution in [3.8, 4) is 0 Å². The second kappa shape index (κ2) is 6.52. The van der Waals surface area contributed by atoms with Gasteiger partial charge in [-0.1, -0.05) is 45.4 Å². The predicted molar refractivity (Wildman–Crippen MR) is 129 cm³/mol. The van der Waals surface area contributed by atoms with E-state index in [1.165, 1.54) is 5.57 Å². The van der Waals surface area contributed by atoms with Crippen molar-refractivity contribution in [1.29, 1.82) is 0 Å². The zero-order chi connectivity index (χ0) is 24.2. The second-order valence-corrected chi connectivity index (χ2v) is 12.9. The monoisotopic (exact) mass is 450 g/mol. The summed E-state index contributed by atoms with van der Waals surface area (Å²) in [5.41, 5.74) is 3.33. The Balaban J connectivity index is 1.64. The van der Waals surface area contributed by atoms with Crippen LogP contribution in [0.1, 0.15) is 86.5 Å². The number of rotatable bonds is 1. The van der Waals surface area contributed by atoms with Gasteiger partial charge in [0.25, 0.3) is 0 Å². The molecule has 0 aromatic heterocycles. The molecule has 3 saturated carbocycles. The van der Waals surface area contributed by atoms with Gasteiger partial charge in [0.05, 0.1) is 5.41 Å². The van der Waals surface area contributed by atoms with E-state index in [0.29, 0.717) is 11.5 Å². The van der Waals surface area contributed by atoms with Crippen LogP contribution in [-0.2, 0) is 9.59 Å². The maximum Gasteiger partial charge on any atom is 0.309 e. The Labute approximate surface area is 197 Å². The Morgan fingerprint density at radius 3 is 2.30 bits per heavy atom. The Kier molecular flexibility index (Phi) is 4.48. The molecule has 0 aromatic carbocycles. The minimum absolute atomic E-state index is 0.0000746. The lowest BCUT2D eigenvalue weighted by molar-refractivity contribution is -0.178. The third-order valence-corrected chi connectivity index (χ3v) is 11.4. The molecular formula is C29H38O4. The van der Waals surface area contributed by atoms with Crippen LogP contribution in [0.15, 0.2) is 46.3 Å². The Hall–Kier alpha value is -2.10. The number of hydrogen-bond acceptors (Lipinski definition) is 3. The molecule has 5 aliphatic rings. The highest BCUT2D eigenvalue weighted by atomic mass is 16.4. The quantitative estimate of drug-likeness (QED) is 0.466. The molecule has 0 saturated heterocycles. The SMILES string of the molecule is CC1=C(O)C(=O)C=C2C1=CC=C1[C@]2(C)CC[C@]2(C)[C@H]3C[C@@](C)(C(=O)O)CC[C@]3(C)CC[C@]12C. The summed E-state index contributed by atoms with van der Waals surface area (Å²) in [6.45, 7) is 13.3. The molecule has 178 valence electrons.